The predicted octanol–water partition coefficient (Wildman–Crippen LogP) is 1.27. The van der Waals surface area contributed by atoms with Gasteiger partial charge in [-0.15, -0.1) is 0 Å². The molecule has 2 aromatic rings. The Balaban J connectivity index is 1.56. The monoisotopic (exact) mass is 483 g/mol. The molecule has 4 aliphatic heterocycles. The zero-order valence-corrected chi connectivity index (χ0v) is 18.8. The van der Waals surface area contributed by atoms with E-state index in [4.69, 9.17) is 16.3 Å². The molecule has 3 amide bonds. The molecule has 3 fully saturated rings. The molecule has 11 heteroatoms. The van der Waals surface area contributed by atoms with Gasteiger partial charge in [0.25, 0.3) is 11.6 Å². The number of carbonyl (C=O) groups is 3. The fourth-order valence-corrected chi connectivity index (χ4v) is 6.88. The normalized spacial score (nSPS) is 31.0. The van der Waals surface area contributed by atoms with E-state index in [1.165, 1.54) is 25.3 Å². The van der Waals surface area contributed by atoms with Gasteiger partial charge in [0.2, 0.25) is 17.4 Å². The lowest BCUT2D eigenvalue weighted by atomic mass is 9.75. The van der Waals surface area contributed by atoms with E-state index >= 15 is 0 Å². The Kier molecular flexibility index (Phi) is 4.34. The van der Waals surface area contributed by atoms with Crippen molar-refractivity contribution in [2.24, 2.45) is 11.8 Å². The van der Waals surface area contributed by atoms with Crippen LogP contribution in [0.1, 0.15) is 18.4 Å². The van der Waals surface area contributed by atoms with Crippen LogP contribution in [0.25, 0.3) is 0 Å². The number of nitro groups is 1. The fraction of sp³-hybridized carbons (Fsp3) is 0.348. The van der Waals surface area contributed by atoms with Crippen molar-refractivity contribution in [3.63, 3.8) is 0 Å². The number of ether oxygens (including phenoxy) is 1. The van der Waals surface area contributed by atoms with E-state index in [0.29, 0.717) is 29.2 Å². The molecule has 0 radical (unpaired) electrons. The van der Waals surface area contributed by atoms with Crippen LogP contribution < -0.4 is 19.9 Å². The van der Waals surface area contributed by atoms with E-state index in [1.807, 2.05) is 0 Å². The smallest absolute Gasteiger partial charge is 0.291 e. The maximum atomic E-state index is 14.0. The van der Waals surface area contributed by atoms with Gasteiger partial charge in [0.05, 0.1) is 29.3 Å². The van der Waals surface area contributed by atoms with Gasteiger partial charge in [-0.2, -0.15) is 0 Å². The number of non-ortho nitro benzene ring substituents is 1. The first-order valence-corrected chi connectivity index (χ1v) is 11.4. The van der Waals surface area contributed by atoms with Gasteiger partial charge in [0.15, 0.2) is 0 Å². The molecule has 0 aliphatic carbocycles. The van der Waals surface area contributed by atoms with E-state index in [9.17, 15) is 24.5 Å². The molecule has 6 rings (SSSR count). The Hall–Kier alpha value is -3.50. The summed E-state index contributed by atoms with van der Waals surface area (Å²) in [6.07, 6.45) is 1.51. The SMILES string of the molecule is COc1ccc([N+](=O)[O-])cc1N1C(=O)[C@H]2[C@H]3CCC[NH+]3[C@@]3(C(=O)Nc4c(Cl)cccc43)[C@@H]2C1=O. The van der Waals surface area contributed by atoms with Gasteiger partial charge in [-0.3, -0.25) is 24.5 Å². The number of halogens is 1. The van der Waals surface area contributed by atoms with E-state index in [2.05, 4.69) is 5.32 Å². The lowest BCUT2D eigenvalue weighted by molar-refractivity contribution is -0.948. The number of methoxy groups -OCH3 is 1. The Bertz CT molecular complexity index is 1310. The number of rotatable bonds is 3. The molecule has 2 aromatic carbocycles. The van der Waals surface area contributed by atoms with Gasteiger partial charge in [0.1, 0.15) is 29.3 Å². The minimum absolute atomic E-state index is 0.0144. The van der Waals surface area contributed by atoms with Crippen LogP contribution in [0.5, 0.6) is 5.75 Å². The first-order valence-electron chi connectivity index (χ1n) is 11.0. The Morgan fingerprint density at radius 1 is 1.24 bits per heavy atom. The third-order valence-corrected chi connectivity index (χ3v) is 8.13. The minimum atomic E-state index is -1.29. The highest BCUT2D eigenvalue weighted by Gasteiger charge is 2.78. The van der Waals surface area contributed by atoms with Crippen molar-refractivity contribution < 1.29 is 28.9 Å². The summed E-state index contributed by atoms with van der Waals surface area (Å²) in [7, 11) is 1.36. The van der Waals surface area contributed by atoms with Gasteiger partial charge in [-0.1, -0.05) is 17.7 Å². The molecular formula is C23H20ClN4O6+. The second-order valence-electron chi connectivity index (χ2n) is 9.08. The number of nitrogens with zero attached hydrogens (tertiary/aromatic N) is 2. The second-order valence-corrected chi connectivity index (χ2v) is 9.48. The second kappa shape index (κ2) is 7.00. The summed E-state index contributed by atoms with van der Waals surface area (Å²) in [6.45, 7) is 0.651. The Labute approximate surface area is 198 Å². The molecule has 0 saturated carbocycles. The number of imide groups is 1. The Morgan fingerprint density at radius 2 is 2.03 bits per heavy atom. The number of amides is 3. The lowest BCUT2D eigenvalue weighted by Gasteiger charge is -2.33. The van der Waals surface area contributed by atoms with Crippen molar-refractivity contribution in [2.75, 3.05) is 23.9 Å². The zero-order chi connectivity index (χ0) is 23.9. The van der Waals surface area contributed by atoms with Crippen LogP contribution in [0, 0.1) is 22.0 Å². The standard InChI is InChI=1S/C23H19ClN4O6/c1-34-16-8-7-11(28(32)33)10-15(16)27-20(29)17-14-6-3-9-26(14)23(18(17)21(27)30)12-4-2-5-13(24)19(12)25-22(23)31/h2,4-5,7-8,10,14,17-18H,3,6,9H2,1H3,(H,25,31)/p+1/t14-,17+,18+,23-/m1/s1. The van der Waals surface area contributed by atoms with Gasteiger partial charge >= 0.3 is 0 Å². The van der Waals surface area contributed by atoms with Crippen LogP contribution in [0.3, 0.4) is 0 Å². The highest BCUT2D eigenvalue weighted by Crippen LogP contribution is 2.54. The van der Waals surface area contributed by atoms with Gasteiger partial charge < -0.3 is 15.0 Å². The number of hydrogen-bond donors (Lipinski definition) is 2. The minimum Gasteiger partial charge on any atom is -0.495 e. The molecule has 0 aromatic heterocycles. The number of anilines is 2. The third-order valence-electron chi connectivity index (χ3n) is 7.82. The average molecular weight is 484 g/mol. The van der Waals surface area contributed by atoms with Gasteiger partial charge in [-0.25, -0.2) is 4.90 Å². The van der Waals surface area contributed by atoms with Crippen molar-refractivity contribution in [2.45, 2.75) is 24.4 Å². The number of para-hydroxylation sites is 1. The van der Waals surface area contributed by atoms with E-state index in [1.54, 1.807) is 18.2 Å². The van der Waals surface area contributed by atoms with Crippen LogP contribution >= 0.6 is 11.6 Å². The number of nitro benzene ring substituents is 1. The summed E-state index contributed by atoms with van der Waals surface area (Å²) < 4.78 is 5.34. The number of nitrogens with one attached hydrogen (secondary N) is 2. The molecule has 4 aliphatic rings. The molecule has 5 atom stereocenters. The number of hydrogen-bond acceptors (Lipinski definition) is 6. The molecule has 10 nitrogen and oxygen atoms in total. The van der Waals surface area contributed by atoms with Crippen LogP contribution in [0.2, 0.25) is 5.02 Å². The van der Waals surface area contributed by atoms with Crippen LogP contribution in [0.4, 0.5) is 17.1 Å². The van der Waals surface area contributed by atoms with Crippen LogP contribution in [-0.4, -0.2) is 42.3 Å². The lowest BCUT2D eigenvalue weighted by Crippen LogP contribution is -3.19. The molecule has 4 heterocycles. The van der Waals surface area contributed by atoms with Gasteiger partial charge in [-0.05, 0) is 18.2 Å². The Morgan fingerprint density at radius 3 is 2.76 bits per heavy atom. The molecule has 1 unspecified atom stereocenters. The quantitative estimate of drug-likeness (QED) is 0.385. The van der Waals surface area contributed by atoms with Crippen LogP contribution in [0.15, 0.2) is 36.4 Å². The number of fused-ring (bicyclic) bond motifs is 7. The highest BCUT2D eigenvalue weighted by atomic mass is 35.5. The number of carbonyl (C=O) groups excluding carboxylic acids is 3. The molecule has 3 saturated heterocycles. The maximum Gasteiger partial charge on any atom is 0.291 e. The molecule has 1 spiro atoms. The topological polar surface area (TPSA) is 123 Å². The first-order chi connectivity index (χ1) is 16.3. The van der Waals surface area contributed by atoms with Crippen molar-refractivity contribution in [3.8, 4) is 5.75 Å². The van der Waals surface area contributed by atoms with Crippen molar-refractivity contribution in [1.82, 2.24) is 0 Å². The highest BCUT2D eigenvalue weighted by molar-refractivity contribution is 6.35. The zero-order valence-electron chi connectivity index (χ0n) is 18.0. The molecule has 0 bridgehead atoms. The largest absolute Gasteiger partial charge is 0.495 e. The summed E-state index contributed by atoms with van der Waals surface area (Å²) >= 11 is 6.39. The van der Waals surface area contributed by atoms with E-state index < -0.39 is 34.1 Å². The molecular weight excluding hydrogens is 464 g/mol. The molecule has 174 valence electrons. The summed E-state index contributed by atoms with van der Waals surface area (Å²) in [5, 5.41) is 14.6. The fourth-order valence-electron chi connectivity index (χ4n) is 6.66. The third kappa shape index (κ3) is 2.36. The van der Waals surface area contributed by atoms with E-state index in [0.717, 1.165) is 16.2 Å². The summed E-state index contributed by atoms with van der Waals surface area (Å²) in [5.41, 5.74) is -0.456. The molecule has 2 N–H and O–H groups in total. The number of quaternary nitrogens is 1. The van der Waals surface area contributed by atoms with Gasteiger partial charge in [0, 0.05) is 30.5 Å². The number of benzene rings is 2. The summed E-state index contributed by atoms with van der Waals surface area (Å²) in [4.78, 5) is 54.2. The van der Waals surface area contributed by atoms with Crippen molar-refractivity contribution in [3.05, 3.63) is 57.1 Å². The average Bonchev–Trinajstić information content (AvgIpc) is 3.52. The predicted molar refractivity (Wildman–Crippen MR) is 120 cm³/mol. The van der Waals surface area contributed by atoms with Crippen molar-refractivity contribution in [1.29, 1.82) is 0 Å². The van der Waals surface area contributed by atoms with E-state index in [-0.39, 0.29) is 29.1 Å². The summed E-state index contributed by atoms with van der Waals surface area (Å²) in [6, 6.07) is 8.75. The maximum absolute atomic E-state index is 14.0. The van der Waals surface area contributed by atoms with Crippen LogP contribution in [-0.2, 0) is 19.9 Å². The summed E-state index contributed by atoms with van der Waals surface area (Å²) in [5.74, 6) is -2.89. The first kappa shape index (κ1) is 21.1. The van der Waals surface area contributed by atoms with Crippen molar-refractivity contribution >= 4 is 46.4 Å². The molecule has 34 heavy (non-hydrogen) atoms.